The van der Waals surface area contributed by atoms with Crippen LogP contribution < -0.4 is 11.3 Å². The zero-order valence-corrected chi connectivity index (χ0v) is 12.5. The molecular weight excluding hydrogens is 290 g/mol. The molecule has 100 valence electrons. The van der Waals surface area contributed by atoms with Gasteiger partial charge in [-0.1, -0.05) is 19.8 Å². The highest BCUT2D eigenvalue weighted by molar-refractivity contribution is 9.10. The first kappa shape index (κ1) is 14.0. The Morgan fingerprint density at radius 2 is 2.11 bits per heavy atom. The van der Waals surface area contributed by atoms with E-state index in [1.807, 2.05) is 12.4 Å². The van der Waals surface area contributed by atoms with Crippen molar-refractivity contribution >= 4 is 15.9 Å². The van der Waals surface area contributed by atoms with Crippen LogP contribution in [0.3, 0.4) is 0 Å². The second-order valence-electron chi connectivity index (χ2n) is 5.51. The molecule has 0 aromatic carbocycles. The Labute approximate surface area is 118 Å². The molecule has 0 bridgehead atoms. The van der Waals surface area contributed by atoms with Crippen molar-refractivity contribution in [3.63, 3.8) is 0 Å². The summed E-state index contributed by atoms with van der Waals surface area (Å²) in [4.78, 5) is 4.21. The highest BCUT2D eigenvalue weighted by Crippen LogP contribution is 2.31. The number of aromatic nitrogens is 1. The monoisotopic (exact) mass is 311 g/mol. The van der Waals surface area contributed by atoms with E-state index in [1.54, 1.807) is 0 Å². The van der Waals surface area contributed by atoms with Crippen LogP contribution in [0, 0.1) is 11.8 Å². The van der Waals surface area contributed by atoms with Crippen molar-refractivity contribution in [1.29, 1.82) is 0 Å². The molecule has 0 aliphatic heterocycles. The van der Waals surface area contributed by atoms with Gasteiger partial charge in [0, 0.05) is 22.9 Å². The van der Waals surface area contributed by atoms with E-state index in [4.69, 9.17) is 5.84 Å². The molecule has 2 rings (SSSR count). The summed E-state index contributed by atoms with van der Waals surface area (Å²) in [6.07, 6.45) is 9.95. The number of nitrogens with two attached hydrogens (primary N) is 1. The van der Waals surface area contributed by atoms with Crippen LogP contribution in [0.4, 0.5) is 0 Å². The molecular formula is C14H22BrN3. The van der Waals surface area contributed by atoms with Crippen LogP contribution in [-0.2, 0) is 6.42 Å². The standard InChI is InChI=1S/C14H22BrN3/c1-10-2-4-12(5-3-10)14(18-16)7-11-6-13(15)9-17-8-11/h6,8-10,12,14,18H,2-5,7,16H2,1H3. The van der Waals surface area contributed by atoms with E-state index < -0.39 is 0 Å². The molecule has 1 aromatic rings. The van der Waals surface area contributed by atoms with Gasteiger partial charge in [-0.2, -0.15) is 0 Å². The molecule has 4 heteroatoms. The third-order valence-electron chi connectivity index (χ3n) is 4.06. The predicted molar refractivity (Wildman–Crippen MR) is 77.9 cm³/mol. The van der Waals surface area contributed by atoms with Crippen molar-refractivity contribution in [3.8, 4) is 0 Å². The van der Waals surface area contributed by atoms with Gasteiger partial charge in [0.05, 0.1) is 0 Å². The molecule has 18 heavy (non-hydrogen) atoms. The van der Waals surface area contributed by atoms with Gasteiger partial charge in [0.25, 0.3) is 0 Å². The van der Waals surface area contributed by atoms with E-state index in [9.17, 15) is 0 Å². The van der Waals surface area contributed by atoms with Gasteiger partial charge in [-0.15, -0.1) is 0 Å². The summed E-state index contributed by atoms with van der Waals surface area (Å²) in [6.45, 7) is 2.35. The number of hydrazine groups is 1. The second-order valence-corrected chi connectivity index (χ2v) is 6.42. The minimum absolute atomic E-state index is 0.369. The topological polar surface area (TPSA) is 50.9 Å². The Hall–Kier alpha value is -0.450. The van der Waals surface area contributed by atoms with Gasteiger partial charge in [-0.25, -0.2) is 0 Å². The van der Waals surface area contributed by atoms with E-state index in [2.05, 4.69) is 39.3 Å². The van der Waals surface area contributed by atoms with E-state index in [0.29, 0.717) is 12.0 Å². The molecule has 3 N–H and O–H groups in total. The van der Waals surface area contributed by atoms with Gasteiger partial charge >= 0.3 is 0 Å². The molecule has 1 aliphatic carbocycles. The van der Waals surface area contributed by atoms with Gasteiger partial charge in [0.2, 0.25) is 0 Å². The van der Waals surface area contributed by atoms with Crippen LogP contribution in [0.2, 0.25) is 0 Å². The summed E-state index contributed by atoms with van der Waals surface area (Å²) in [5.74, 6) is 7.32. The quantitative estimate of drug-likeness (QED) is 0.664. The third-order valence-corrected chi connectivity index (χ3v) is 4.49. The smallest absolute Gasteiger partial charge is 0.0410 e. The lowest BCUT2D eigenvalue weighted by atomic mass is 9.78. The average molecular weight is 312 g/mol. The number of halogens is 1. The maximum absolute atomic E-state index is 5.74. The van der Waals surface area contributed by atoms with Crippen LogP contribution in [0.5, 0.6) is 0 Å². The van der Waals surface area contributed by atoms with Crippen molar-refractivity contribution in [2.45, 2.75) is 45.1 Å². The van der Waals surface area contributed by atoms with Crippen molar-refractivity contribution in [3.05, 3.63) is 28.5 Å². The van der Waals surface area contributed by atoms with Crippen molar-refractivity contribution in [2.75, 3.05) is 0 Å². The lowest BCUT2D eigenvalue weighted by molar-refractivity contribution is 0.229. The minimum Gasteiger partial charge on any atom is -0.271 e. The van der Waals surface area contributed by atoms with Gasteiger partial charge in [-0.05, 0) is 58.7 Å². The van der Waals surface area contributed by atoms with Gasteiger partial charge in [-0.3, -0.25) is 16.3 Å². The molecule has 1 saturated carbocycles. The van der Waals surface area contributed by atoms with E-state index >= 15 is 0 Å². The summed E-state index contributed by atoms with van der Waals surface area (Å²) in [7, 11) is 0. The molecule has 1 atom stereocenters. The van der Waals surface area contributed by atoms with Crippen LogP contribution in [-0.4, -0.2) is 11.0 Å². The average Bonchev–Trinajstić information content (AvgIpc) is 2.37. The summed E-state index contributed by atoms with van der Waals surface area (Å²) in [5, 5.41) is 0. The fourth-order valence-corrected chi connectivity index (χ4v) is 3.28. The Morgan fingerprint density at radius 1 is 1.39 bits per heavy atom. The highest BCUT2D eigenvalue weighted by atomic mass is 79.9. The van der Waals surface area contributed by atoms with Crippen molar-refractivity contribution in [1.82, 2.24) is 10.4 Å². The lowest BCUT2D eigenvalue weighted by Gasteiger charge is -2.32. The molecule has 0 radical (unpaired) electrons. The molecule has 1 heterocycles. The summed E-state index contributed by atoms with van der Waals surface area (Å²) < 4.78 is 1.04. The van der Waals surface area contributed by atoms with Gasteiger partial charge in [0.1, 0.15) is 0 Å². The van der Waals surface area contributed by atoms with Crippen LogP contribution >= 0.6 is 15.9 Å². The highest BCUT2D eigenvalue weighted by Gasteiger charge is 2.25. The Bertz CT molecular complexity index is 375. The zero-order valence-electron chi connectivity index (χ0n) is 10.9. The second kappa shape index (κ2) is 6.64. The normalized spacial score (nSPS) is 25.9. The Balaban J connectivity index is 1.96. The first-order chi connectivity index (χ1) is 8.69. The zero-order chi connectivity index (χ0) is 13.0. The SMILES string of the molecule is CC1CCC(C(Cc2cncc(Br)c2)NN)CC1. The molecule has 0 spiro atoms. The lowest BCUT2D eigenvalue weighted by Crippen LogP contribution is -2.43. The molecule has 1 aromatic heterocycles. The summed E-state index contributed by atoms with van der Waals surface area (Å²) in [5.41, 5.74) is 4.25. The molecule has 1 aliphatic rings. The van der Waals surface area contributed by atoms with E-state index in [1.165, 1.54) is 31.2 Å². The largest absolute Gasteiger partial charge is 0.271 e. The Kier molecular flexibility index (Phi) is 5.15. The minimum atomic E-state index is 0.369. The van der Waals surface area contributed by atoms with Crippen LogP contribution in [0.1, 0.15) is 38.2 Å². The molecule has 0 amide bonds. The first-order valence-corrected chi connectivity index (χ1v) is 7.54. The summed E-state index contributed by atoms with van der Waals surface area (Å²) in [6, 6.07) is 2.50. The van der Waals surface area contributed by atoms with Gasteiger partial charge in [0.15, 0.2) is 0 Å². The van der Waals surface area contributed by atoms with Crippen LogP contribution in [0.15, 0.2) is 22.9 Å². The van der Waals surface area contributed by atoms with Crippen molar-refractivity contribution < 1.29 is 0 Å². The summed E-state index contributed by atoms with van der Waals surface area (Å²) >= 11 is 3.46. The Morgan fingerprint density at radius 3 is 2.72 bits per heavy atom. The molecule has 1 fully saturated rings. The number of hydrogen-bond donors (Lipinski definition) is 2. The molecule has 1 unspecified atom stereocenters. The number of pyridine rings is 1. The van der Waals surface area contributed by atoms with E-state index in [0.717, 1.165) is 16.8 Å². The molecule has 3 nitrogen and oxygen atoms in total. The van der Waals surface area contributed by atoms with Gasteiger partial charge < -0.3 is 0 Å². The predicted octanol–water partition coefficient (Wildman–Crippen LogP) is 3.04. The third kappa shape index (κ3) is 3.77. The fourth-order valence-electron chi connectivity index (χ4n) is 2.87. The maximum atomic E-state index is 5.74. The number of rotatable bonds is 4. The van der Waals surface area contributed by atoms with Crippen molar-refractivity contribution in [2.24, 2.45) is 17.7 Å². The van der Waals surface area contributed by atoms with E-state index in [-0.39, 0.29) is 0 Å². The number of nitrogens with one attached hydrogen (secondary N) is 1. The number of nitrogens with zero attached hydrogens (tertiary/aromatic N) is 1. The first-order valence-electron chi connectivity index (χ1n) is 6.74. The fraction of sp³-hybridized carbons (Fsp3) is 0.643. The maximum Gasteiger partial charge on any atom is 0.0410 e. The number of hydrogen-bond acceptors (Lipinski definition) is 3. The molecule has 0 saturated heterocycles. The van der Waals surface area contributed by atoms with Crippen LogP contribution in [0.25, 0.3) is 0 Å².